The summed E-state index contributed by atoms with van der Waals surface area (Å²) in [5.74, 6) is -0.260. The van der Waals surface area contributed by atoms with Crippen molar-refractivity contribution in [3.8, 4) is 0 Å². The fourth-order valence-electron chi connectivity index (χ4n) is 1.61. The molecule has 0 spiro atoms. The van der Waals surface area contributed by atoms with Gasteiger partial charge in [0.15, 0.2) is 0 Å². The van der Waals surface area contributed by atoms with Crippen LogP contribution in [0.15, 0.2) is 18.2 Å². The van der Waals surface area contributed by atoms with Crippen LogP contribution in [0, 0.1) is 0 Å². The SMILES string of the molecule is CNC(=O)CN(C)c1ccc(C(F)(F)F)c(C(N)=S)c1. The smallest absolute Gasteiger partial charge is 0.389 e. The molecule has 0 unspecified atom stereocenters. The number of carbonyl (C=O) groups is 1. The van der Waals surface area contributed by atoms with Gasteiger partial charge in [-0.15, -0.1) is 0 Å². The third kappa shape index (κ3) is 3.83. The molecule has 0 atom stereocenters. The minimum atomic E-state index is -4.53. The molecule has 0 fully saturated rings. The summed E-state index contributed by atoms with van der Waals surface area (Å²) < 4.78 is 38.4. The molecule has 1 aromatic rings. The molecule has 0 radical (unpaired) electrons. The normalized spacial score (nSPS) is 11.1. The summed E-state index contributed by atoms with van der Waals surface area (Å²) in [6.45, 7) is 0.0125. The van der Waals surface area contributed by atoms with Gasteiger partial charge in [0.1, 0.15) is 4.99 Å². The molecule has 0 aliphatic rings. The van der Waals surface area contributed by atoms with Crippen LogP contribution < -0.4 is 16.0 Å². The van der Waals surface area contributed by atoms with Crippen LogP contribution in [0.3, 0.4) is 0 Å². The maximum atomic E-state index is 12.8. The van der Waals surface area contributed by atoms with Gasteiger partial charge in [0.2, 0.25) is 5.91 Å². The molecular weight excluding hydrogens is 291 g/mol. The average Bonchev–Trinajstić information content (AvgIpc) is 2.36. The van der Waals surface area contributed by atoms with E-state index in [-0.39, 0.29) is 23.0 Å². The zero-order valence-electron chi connectivity index (χ0n) is 10.9. The third-order valence-electron chi connectivity index (χ3n) is 2.67. The minimum absolute atomic E-state index is 0.0125. The van der Waals surface area contributed by atoms with Gasteiger partial charge in [0.25, 0.3) is 0 Å². The van der Waals surface area contributed by atoms with Crippen molar-refractivity contribution in [3.05, 3.63) is 29.3 Å². The van der Waals surface area contributed by atoms with Gasteiger partial charge in [-0.2, -0.15) is 13.2 Å². The van der Waals surface area contributed by atoms with E-state index in [4.69, 9.17) is 5.73 Å². The molecule has 0 heterocycles. The van der Waals surface area contributed by atoms with Gasteiger partial charge >= 0.3 is 6.18 Å². The van der Waals surface area contributed by atoms with Crippen LogP contribution in [0.4, 0.5) is 18.9 Å². The Kier molecular flexibility index (Phi) is 4.93. The minimum Gasteiger partial charge on any atom is -0.389 e. The van der Waals surface area contributed by atoms with E-state index in [1.807, 2.05) is 0 Å². The van der Waals surface area contributed by atoms with Crippen LogP contribution in [0.1, 0.15) is 11.1 Å². The van der Waals surface area contributed by atoms with Gasteiger partial charge in [-0.3, -0.25) is 4.79 Å². The summed E-state index contributed by atoms with van der Waals surface area (Å²) in [6, 6.07) is 3.41. The lowest BCUT2D eigenvalue weighted by Gasteiger charge is -2.21. The van der Waals surface area contributed by atoms with E-state index in [0.717, 1.165) is 6.07 Å². The molecule has 8 heteroatoms. The molecule has 3 N–H and O–H groups in total. The zero-order valence-corrected chi connectivity index (χ0v) is 11.7. The van der Waals surface area contributed by atoms with E-state index in [1.165, 1.54) is 24.1 Å². The van der Waals surface area contributed by atoms with Crippen molar-refractivity contribution in [2.75, 3.05) is 25.5 Å². The Balaban J connectivity index is 3.17. The van der Waals surface area contributed by atoms with Crippen LogP contribution in [-0.4, -0.2) is 31.5 Å². The lowest BCUT2D eigenvalue weighted by Crippen LogP contribution is -2.33. The van der Waals surface area contributed by atoms with Gasteiger partial charge in [-0.05, 0) is 18.2 Å². The molecule has 1 amide bonds. The van der Waals surface area contributed by atoms with Crippen molar-refractivity contribution in [1.29, 1.82) is 0 Å². The second-order valence-electron chi connectivity index (χ2n) is 4.12. The molecule has 0 saturated carbocycles. The van der Waals surface area contributed by atoms with Crippen molar-refractivity contribution in [1.82, 2.24) is 5.32 Å². The highest BCUT2D eigenvalue weighted by Crippen LogP contribution is 2.33. The number of amides is 1. The van der Waals surface area contributed by atoms with E-state index in [9.17, 15) is 18.0 Å². The standard InChI is InChI=1S/C12H14F3N3OS/c1-17-10(19)6-18(2)7-3-4-9(12(13,14)15)8(5-7)11(16)20/h3-5H,6H2,1-2H3,(H2,16,20)(H,17,19). The van der Waals surface area contributed by atoms with E-state index < -0.39 is 11.7 Å². The topological polar surface area (TPSA) is 58.4 Å². The fraction of sp³-hybridized carbons (Fsp3) is 0.333. The molecule has 20 heavy (non-hydrogen) atoms. The van der Waals surface area contributed by atoms with Crippen LogP contribution >= 0.6 is 12.2 Å². The Morgan fingerprint density at radius 3 is 2.50 bits per heavy atom. The van der Waals surface area contributed by atoms with Crippen molar-refractivity contribution < 1.29 is 18.0 Å². The largest absolute Gasteiger partial charge is 0.417 e. The molecule has 0 aliphatic carbocycles. The van der Waals surface area contributed by atoms with Gasteiger partial charge < -0.3 is 16.0 Å². The van der Waals surface area contributed by atoms with Crippen LogP contribution in [-0.2, 0) is 11.0 Å². The molecule has 0 aliphatic heterocycles. The monoisotopic (exact) mass is 305 g/mol. The Bertz CT molecular complexity index is 531. The molecule has 4 nitrogen and oxygen atoms in total. The van der Waals surface area contributed by atoms with Gasteiger partial charge in [-0.1, -0.05) is 12.2 Å². The summed E-state index contributed by atoms with van der Waals surface area (Å²) >= 11 is 4.66. The first-order valence-electron chi connectivity index (χ1n) is 5.59. The number of alkyl halides is 3. The quantitative estimate of drug-likeness (QED) is 0.828. The molecule has 110 valence electrons. The number of carbonyl (C=O) groups excluding carboxylic acids is 1. The highest BCUT2D eigenvalue weighted by atomic mass is 32.1. The van der Waals surface area contributed by atoms with Crippen molar-refractivity contribution >= 4 is 28.8 Å². The number of rotatable bonds is 4. The number of nitrogens with two attached hydrogens (primary N) is 1. The Morgan fingerprint density at radius 1 is 1.45 bits per heavy atom. The number of likely N-dealkylation sites (N-methyl/N-ethyl adjacent to an activating group) is 2. The Morgan fingerprint density at radius 2 is 2.05 bits per heavy atom. The van der Waals surface area contributed by atoms with Crippen molar-refractivity contribution in [2.45, 2.75) is 6.18 Å². The number of hydrogen-bond acceptors (Lipinski definition) is 3. The van der Waals surface area contributed by atoms with E-state index >= 15 is 0 Å². The van der Waals surface area contributed by atoms with Gasteiger partial charge in [0.05, 0.1) is 12.1 Å². The number of thiocarbonyl (C=S) groups is 1. The molecule has 1 rings (SSSR count). The predicted octanol–water partition coefficient (Wildman–Crippen LogP) is 1.52. The van der Waals surface area contributed by atoms with Crippen molar-refractivity contribution in [3.63, 3.8) is 0 Å². The number of nitrogens with zero attached hydrogens (tertiary/aromatic N) is 1. The third-order valence-corrected chi connectivity index (χ3v) is 2.89. The molecular formula is C12H14F3N3OS. The highest BCUT2D eigenvalue weighted by Gasteiger charge is 2.34. The lowest BCUT2D eigenvalue weighted by atomic mass is 10.1. The van der Waals surface area contributed by atoms with Gasteiger partial charge in [-0.25, -0.2) is 0 Å². The van der Waals surface area contributed by atoms with Crippen molar-refractivity contribution in [2.24, 2.45) is 5.73 Å². The first-order chi connectivity index (χ1) is 9.16. The van der Waals surface area contributed by atoms with Crippen LogP contribution in [0.25, 0.3) is 0 Å². The number of anilines is 1. The molecule has 0 saturated heterocycles. The second-order valence-corrected chi connectivity index (χ2v) is 4.56. The van der Waals surface area contributed by atoms with E-state index in [2.05, 4.69) is 17.5 Å². The number of nitrogens with one attached hydrogen (secondary N) is 1. The summed E-state index contributed by atoms with van der Waals surface area (Å²) in [5, 5.41) is 2.43. The maximum Gasteiger partial charge on any atom is 0.417 e. The molecule has 0 bridgehead atoms. The summed E-state index contributed by atoms with van der Waals surface area (Å²) in [4.78, 5) is 12.4. The predicted molar refractivity (Wildman–Crippen MR) is 74.7 cm³/mol. The molecule has 0 aromatic heterocycles. The summed E-state index contributed by atoms with van der Waals surface area (Å²) in [7, 11) is 3.06. The zero-order chi connectivity index (χ0) is 15.5. The number of hydrogen-bond donors (Lipinski definition) is 2. The fourth-order valence-corrected chi connectivity index (χ4v) is 1.78. The first kappa shape index (κ1) is 16.2. The second kappa shape index (κ2) is 6.08. The molecule has 1 aromatic carbocycles. The Labute approximate surface area is 119 Å². The Hall–Kier alpha value is -1.83. The maximum absolute atomic E-state index is 12.8. The van der Waals surface area contributed by atoms with E-state index in [0.29, 0.717) is 5.69 Å². The van der Waals surface area contributed by atoms with E-state index in [1.54, 1.807) is 7.05 Å². The van der Waals surface area contributed by atoms with Crippen LogP contribution in [0.2, 0.25) is 0 Å². The number of halogens is 3. The highest BCUT2D eigenvalue weighted by molar-refractivity contribution is 7.80. The summed E-state index contributed by atoms with van der Waals surface area (Å²) in [5.41, 5.74) is 4.62. The van der Waals surface area contributed by atoms with Crippen LogP contribution in [0.5, 0.6) is 0 Å². The van der Waals surface area contributed by atoms with Gasteiger partial charge in [0, 0.05) is 25.3 Å². The first-order valence-corrected chi connectivity index (χ1v) is 6.00. The average molecular weight is 305 g/mol. The summed E-state index contributed by atoms with van der Waals surface area (Å²) in [6.07, 6.45) is -4.53. The number of benzene rings is 1. The lowest BCUT2D eigenvalue weighted by molar-refractivity contribution is -0.137.